The maximum atomic E-state index is 13.9. The fourth-order valence-electron chi connectivity index (χ4n) is 6.13. The first-order chi connectivity index (χ1) is 21.8. The summed E-state index contributed by atoms with van der Waals surface area (Å²) in [6.45, 7) is 9.65. The Morgan fingerprint density at radius 2 is 1.82 bits per heavy atom. The van der Waals surface area contributed by atoms with Gasteiger partial charge in [-0.2, -0.15) is 0 Å². The van der Waals surface area contributed by atoms with Gasteiger partial charge in [-0.05, 0) is 42.7 Å². The number of ether oxygens (including phenoxy) is 1. The average Bonchev–Trinajstić information content (AvgIpc) is 3.54. The van der Waals surface area contributed by atoms with Gasteiger partial charge in [-0.1, -0.05) is 6.58 Å². The minimum absolute atomic E-state index is 0.0338. The van der Waals surface area contributed by atoms with Crippen molar-refractivity contribution in [3.05, 3.63) is 72.1 Å². The van der Waals surface area contributed by atoms with Crippen molar-refractivity contribution in [2.24, 2.45) is 16.6 Å². The number of piperazine rings is 1. The summed E-state index contributed by atoms with van der Waals surface area (Å²) in [6.07, 6.45) is 5.13. The van der Waals surface area contributed by atoms with Crippen LogP contribution >= 0.6 is 0 Å². The van der Waals surface area contributed by atoms with Crippen LogP contribution in [-0.2, 0) is 9.63 Å². The Bertz CT molecular complexity index is 1420. The van der Waals surface area contributed by atoms with Gasteiger partial charge in [-0.15, -0.1) is 0 Å². The maximum absolute atomic E-state index is 13.9. The molecule has 7 N–H and O–H groups in total. The minimum Gasteiger partial charge on any atom is -0.494 e. The number of nitrogens with two attached hydrogens (primary N) is 2. The van der Waals surface area contributed by atoms with E-state index in [2.05, 4.69) is 37.4 Å². The third-order valence-corrected chi connectivity index (χ3v) is 8.31. The topological polar surface area (TPSA) is 146 Å². The highest BCUT2D eigenvalue weighted by molar-refractivity contribution is 6.02. The lowest BCUT2D eigenvalue weighted by Gasteiger charge is -2.41. The van der Waals surface area contributed by atoms with Crippen LogP contribution in [0.1, 0.15) is 30.9 Å². The van der Waals surface area contributed by atoms with Gasteiger partial charge in [0.25, 0.3) is 0 Å². The third kappa shape index (κ3) is 7.71. The summed E-state index contributed by atoms with van der Waals surface area (Å²) in [7, 11) is 1.54. The number of hydroxylamine groups is 2. The molecule has 1 amide bonds. The number of anilines is 2. The van der Waals surface area contributed by atoms with E-state index < -0.39 is 17.7 Å². The summed E-state index contributed by atoms with van der Waals surface area (Å²) in [5.74, 6) is 4.78. The number of aliphatic imine (C=N–C) groups is 1. The minimum atomic E-state index is -0.692. The number of hydrazine groups is 1. The van der Waals surface area contributed by atoms with Gasteiger partial charge in [0.15, 0.2) is 0 Å². The average molecular weight is 626 g/mol. The van der Waals surface area contributed by atoms with Gasteiger partial charge < -0.3 is 31.4 Å². The Labute approximate surface area is 261 Å². The fourth-order valence-corrected chi connectivity index (χ4v) is 6.13. The van der Waals surface area contributed by atoms with E-state index in [1.165, 1.54) is 36.5 Å². The van der Waals surface area contributed by atoms with E-state index in [0.717, 1.165) is 63.9 Å². The molecular formula is C31H41F2N9O3. The molecule has 3 aliphatic heterocycles. The number of hydrogen-bond donors (Lipinski definition) is 5. The monoisotopic (exact) mass is 625 g/mol. The number of carbonyl (C=O) groups excluding carboxylic acids is 1. The zero-order valence-corrected chi connectivity index (χ0v) is 25.4. The number of amides is 1. The number of benzene rings is 2. The Morgan fingerprint density at radius 3 is 2.47 bits per heavy atom. The molecule has 3 aliphatic rings. The Morgan fingerprint density at radius 1 is 1.11 bits per heavy atom. The van der Waals surface area contributed by atoms with Gasteiger partial charge in [0.05, 0.1) is 31.1 Å². The van der Waals surface area contributed by atoms with Gasteiger partial charge in [0.1, 0.15) is 34.7 Å². The SMILES string of the molecule is C=CC(=O)Nc1cc(N=C(N)/C=C(\NN)N2OCC[C@@H]2c2cc(F)cc(F)c2)c(OC)cc1N1CCC(N2CCNCC2)CC1. The van der Waals surface area contributed by atoms with Crippen LogP contribution in [0, 0.1) is 11.6 Å². The molecule has 3 saturated heterocycles. The molecule has 3 heterocycles. The predicted molar refractivity (Wildman–Crippen MR) is 170 cm³/mol. The van der Waals surface area contributed by atoms with E-state index in [1.807, 2.05) is 6.07 Å². The second kappa shape index (κ2) is 14.7. The van der Waals surface area contributed by atoms with Gasteiger partial charge in [-0.3, -0.25) is 14.5 Å². The summed E-state index contributed by atoms with van der Waals surface area (Å²) in [5.41, 5.74) is 11.0. The summed E-state index contributed by atoms with van der Waals surface area (Å²) >= 11 is 0. The lowest BCUT2D eigenvalue weighted by molar-refractivity contribution is -0.111. The zero-order chi connectivity index (χ0) is 31.9. The van der Waals surface area contributed by atoms with E-state index in [1.54, 1.807) is 6.07 Å². The summed E-state index contributed by atoms with van der Waals surface area (Å²) in [5, 5.41) is 7.73. The van der Waals surface area contributed by atoms with Crippen LogP contribution in [-0.4, -0.2) is 80.7 Å². The molecule has 0 aliphatic carbocycles. The number of piperidine rings is 1. The molecule has 0 saturated carbocycles. The first-order valence-electron chi connectivity index (χ1n) is 15.1. The van der Waals surface area contributed by atoms with E-state index in [-0.39, 0.29) is 17.6 Å². The van der Waals surface area contributed by atoms with Crippen LogP contribution < -0.4 is 37.3 Å². The van der Waals surface area contributed by atoms with Gasteiger partial charge in [0.2, 0.25) is 5.91 Å². The molecule has 2 aromatic rings. The Hall–Kier alpha value is -4.24. The number of carbonyl (C=O) groups is 1. The van der Waals surface area contributed by atoms with E-state index in [0.29, 0.717) is 41.8 Å². The standard InChI is InChI=1S/C31H41F2N9O3/c1-3-31(43)38-24-17-25(28(44-2)18-27(24)41-9-4-23(5-10-41)40-11-7-36-8-12-40)37-29(34)19-30(39-35)42-26(6-13-45-42)20-14-21(32)16-22(33)15-20/h3,14-19,23,26,36,39H,1,4-13,35H2,2H3,(H2,34,37)(H,38,43)/b30-19+/t26-/m1/s1. The quantitative estimate of drug-likeness (QED) is 0.0879. The van der Waals surface area contributed by atoms with Crippen molar-refractivity contribution >= 4 is 28.8 Å². The van der Waals surface area contributed by atoms with Crippen molar-refractivity contribution in [1.82, 2.24) is 20.7 Å². The zero-order valence-electron chi connectivity index (χ0n) is 25.4. The maximum Gasteiger partial charge on any atom is 0.247 e. The second-order valence-corrected chi connectivity index (χ2v) is 11.1. The van der Waals surface area contributed by atoms with Crippen molar-refractivity contribution in [2.75, 3.05) is 63.2 Å². The summed E-state index contributed by atoms with van der Waals surface area (Å²) in [6, 6.07) is 6.87. The van der Waals surface area contributed by atoms with Crippen molar-refractivity contribution in [1.29, 1.82) is 0 Å². The second-order valence-electron chi connectivity index (χ2n) is 11.1. The summed E-state index contributed by atoms with van der Waals surface area (Å²) in [4.78, 5) is 27.5. The molecular weight excluding hydrogens is 584 g/mol. The largest absolute Gasteiger partial charge is 0.494 e. The molecule has 0 radical (unpaired) electrons. The van der Waals surface area contributed by atoms with Gasteiger partial charge in [0, 0.05) is 69.9 Å². The van der Waals surface area contributed by atoms with Crippen molar-refractivity contribution in [2.45, 2.75) is 31.3 Å². The number of rotatable bonds is 10. The van der Waals surface area contributed by atoms with Crippen molar-refractivity contribution in [3.63, 3.8) is 0 Å². The molecule has 0 spiro atoms. The fraction of sp³-hybridized carbons (Fsp3) is 0.419. The van der Waals surface area contributed by atoms with E-state index in [9.17, 15) is 13.6 Å². The molecule has 1 atom stereocenters. The lowest BCUT2D eigenvalue weighted by Crippen LogP contribution is -2.52. The molecule has 12 nitrogen and oxygen atoms in total. The normalized spacial score (nSPS) is 20.3. The molecule has 5 rings (SSSR count). The molecule has 0 bridgehead atoms. The van der Waals surface area contributed by atoms with Crippen molar-refractivity contribution < 1.29 is 23.1 Å². The lowest BCUT2D eigenvalue weighted by atomic mass is 10.0. The summed E-state index contributed by atoms with van der Waals surface area (Å²) < 4.78 is 33.6. The molecule has 0 aromatic heterocycles. The molecule has 14 heteroatoms. The van der Waals surface area contributed by atoms with Crippen LogP contribution in [0.15, 0.2) is 59.9 Å². The number of halogens is 2. The van der Waals surface area contributed by atoms with Crippen LogP contribution in [0.2, 0.25) is 0 Å². The van der Waals surface area contributed by atoms with Crippen LogP contribution in [0.5, 0.6) is 5.75 Å². The van der Waals surface area contributed by atoms with E-state index >= 15 is 0 Å². The Kier molecular flexibility index (Phi) is 10.5. The highest BCUT2D eigenvalue weighted by Gasteiger charge is 2.31. The number of nitrogens with one attached hydrogen (secondary N) is 3. The Balaban J connectivity index is 1.40. The van der Waals surface area contributed by atoms with Gasteiger partial charge >= 0.3 is 0 Å². The van der Waals surface area contributed by atoms with Crippen LogP contribution in [0.3, 0.4) is 0 Å². The van der Waals surface area contributed by atoms with Crippen molar-refractivity contribution in [3.8, 4) is 5.75 Å². The molecule has 2 aromatic carbocycles. The highest BCUT2D eigenvalue weighted by Crippen LogP contribution is 2.40. The molecule has 242 valence electrons. The smallest absolute Gasteiger partial charge is 0.247 e. The molecule has 0 unspecified atom stereocenters. The number of hydrogen-bond acceptors (Lipinski definition) is 10. The predicted octanol–water partition coefficient (Wildman–Crippen LogP) is 2.64. The van der Waals surface area contributed by atoms with Gasteiger partial charge in [-0.25, -0.2) is 24.7 Å². The number of nitrogens with zero attached hydrogens (tertiary/aromatic N) is 4. The molecule has 45 heavy (non-hydrogen) atoms. The first kappa shape index (κ1) is 32.2. The number of amidine groups is 1. The highest BCUT2D eigenvalue weighted by atomic mass is 19.1. The van der Waals surface area contributed by atoms with Crippen LogP contribution in [0.4, 0.5) is 25.8 Å². The van der Waals surface area contributed by atoms with Crippen LogP contribution in [0.25, 0.3) is 0 Å². The first-order valence-corrected chi connectivity index (χ1v) is 15.1. The van der Waals surface area contributed by atoms with E-state index in [4.69, 9.17) is 21.2 Å². The third-order valence-electron chi connectivity index (χ3n) is 8.31. The number of methoxy groups -OCH3 is 1. The molecule has 3 fully saturated rings.